The molecule has 0 bridgehead atoms. The van der Waals surface area contributed by atoms with Crippen LogP contribution in [0, 0.1) is 0 Å². The van der Waals surface area contributed by atoms with Gasteiger partial charge in [-0.05, 0) is 30.5 Å². The molecule has 1 aliphatic rings. The Morgan fingerprint density at radius 2 is 2.00 bits per heavy atom. The van der Waals surface area contributed by atoms with Crippen LogP contribution in [0.15, 0.2) is 29.3 Å². The van der Waals surface area contributed by atoms with Crippen LogP contribution in [0.5, 0.6) is 0 Å². The highest BCUT2D eigenvalue weighted by atomic mass is 32.2. The third kappa shape index (κ3) is 4.37. The van der Waals surface area contributed by atoms with Crippen molar-refractivity contribution < 1.29 is 0 Å². The van der Waals surface area contributed by atoms with E-state index in [1.54, 1.807) is 11.8 Å². The summed E-state index contributed by atoms with van der Waals surface area (Å²) in [7, 11) is 0. The summed E-state index contributed by atoms with van der Waals surface area (Å²) in [6.45, 7) is 3.20. The van der Waals surface area contributed by atoms with Gasteiger partial charge in [-0.25, -0.2) is 0 Å². The predicted octanol–water partition coefficient (Wildman–Crippen LogP) is 4.32. The summed E-state index contributed by atoms with van der Waals surface area (Å²) >= 11 is 1.80. The summed E-state index contributed by atoms with van der Waals surface area (Å²) in [5.41, 5.74) is 2.60. The average Bonchev–Trinajstić information content (AvgIpc) is 2.89. The standard InChI is InChI=1S/C15H22N2S/c1-2-3-4-5-6-13-7-9-14(10-8-13)17-15-16-11-12-18-15/h7-10H,2-6,11-12H2,1H3,(H,16,17). The highest BCUT2D eigenvalue weighted by molar-refractivity contribution is 8.14. The van der Waals surface area contributed by atoms with Crippen molar-refractivity contribution in [2.75, 3.05) is 17.6 Å². The number of hydrogen-bond acceptors (Lipinski definition) is 3. The van der Waals surface area contributed by atoms with Crippen molar-refractivity contribution in [3.63, 3.8) is 0 Å². The number of aliphatic imine (C=N–C) groups is 1. The van der Waals surface area contributed by atoms with Gasteiger partial charge in [0.05, 0.1) is 6.54 Å². The molecule has 0 amide bonds. The number of nitrogens with zero attached hydrogens (tertiary/aromatic N) is 1. The van der Waals surface area contributed by atoms with Gasteiger partial charge in [0.25, 0.3) is 0 Å². The number of aryl methyl sites for hydroxylation is 1. The van der Waals surface area contributed by atoms with Crippen molar-refractivity contribution in [1.29, 1.82) is 0 Å². The van der Waals surface area contributed by atoms with Crippen LogP contribution < -0.4 is 5.32 Å². The number of nitrogens with one attached hydrogen (secondary N) is 1. The van der Waals surface area contributed by atoms with Crippen LogP contribution in [0.3, 0.4) is 0 Å². The van der Waals surface area contributed by atoms with Crippen LogP contribution in [-0.4, -0.2) is 17.5 Å². The predicted molar refractivity (Wildman–Crippen MR) is 82.7 cm³/mol. The molecule has 0 aromatic heterocycles. The van der Waals surface area contributed by atoms with E-state index in [1.165, 1.54) is 37.7 Å². The Hall–Kier alpha value is -0.960. The van der Waals surface area contributed by atoms with Crippen LogP contribution in [0.2, 0.25) is 0 Å². The minimum atomic E-state index is 0.947. The van der Waals surface area contributed by atoms with E-state index in [2.05, 4.69) is 41.5 Å². The third-order valence-electron chi connectivity index (χ3n) is 3.11. The van der Waals surface area contributed by atoms with Gasteiger partial charge >= 0.3 is 0 Å². The summed E-state index contributed by atoms with van der Waals surface area (Å²) in [5, 5.41) is 4.42. The van der Waals surface area contributed by atoms with Gasteiger partial charge in [-0.2, -0.15) is 0 Å². The summed E-state index contributed by atoms with van der Waals surface area (Å²) in [6.07, 6.45) is 6.53. The van der Waals surface area contributed by atoms with Crippen molar-refractivity contribution in [3.05, 3.63) is 29.8 Å². The molecule has 0 atom stereocenters. The molecule has 2 rings (SSSR count). The molecule has 0 saturated heterocycles. The third-order valence-corrected chi connectivity index (χ3v) is 4.00. The van der Waals surface area contributed by atoms with Crippen LogP contribution in [0.1, 0.15) is 38.2 Å². The summed E-state index contributed by atoms with van der Waals surface area (Å²) < 4.78 is 0. The molecule has 3 heteroatoms. The first kappa shape index (κ1) is 13.5. The van der Waals surface area contributed by atoms with E-state index in [-0.39, 0.29) is 0 Å². The number of benzene rings is 1. The fourth-order valence-electron chi connectivity index (χ4n) is 2.04. The Morgan fingerprint density at radius 1 is 1.17 bits per heavy atom. The quantitative estimate of drug-likeness (QED) is 0.772. The van der Waals surface area contributed by atoms with E-state index < -0.39 is 0 Å². The highest BCUT2D eigenvalue weighted by Crippen LogP contribution is 2.17. The molecule has 1 heterocycles. The number of amidine groups is 1. The monoisotopic (exact) mass is 262 g/mol. The van der Waals surface area contributed by atoms with Crippen molar-refractivity contribution in [2.45, 2.75) is 39.0 Å². The first-order valence-corrected chi connectivity index (χ1v) is 7.90. The van der Waals surface area contributed by atoms with Crippen molar-refractivity contribution >= 4 is 22.6 Å². The molecule has 2 nitrogen and oxygen atoms in total. The molecule has 0 fully saturated rings. The molecule has 1 aliphatic heterocycles. The second kappa shape index (κ2) is 7.47. The lowest BCUT2D eigenvalue weighted by Gasteiger charge is -2.06. The maximum atomic E-state index is 4.39. The Kier molecular flexibility index (Phi) is 5.59. The molecular formula is C15H22N2S. The normalized spacial score (nSPS) is 14.6. The Labute approximate surface area is 114 Å². The van der Waals surface area contributed by atoms with Crippen LogP contribution in [0.4, 0.5) is 5.69 Å². The Bertz CT molecular complexity index is 384. The van der Waals surface area contributed by atoms with Crippen LogP contribution >= 0.6 is 11.8 Å². The van der Waals surface area contributed by atoms with Gasteiger partial charge in [-0.1, -0.05) is 50.1 Å². The summed E-state index contributed by atoms with van der Waals surface area (Å²) in [4.78, 5) is 4.39. The van der Waals surface area contributed by atoms with Gasteiger partial charge in [0.1, 0.15) is 0 Å². The molecule has 18 heavy (non-hydrogen) atoms. The molecule has 0 unspecified atom stereocenters. The van der Waals surface area contributed by atoms with E-state index in [0.717, 1.165) is 23.2 Å². The van der Waals surface area contributed by atoms with Gasteiger partial charge in [0.2, 0.25) is 0 Å². The Balaban J connectivity index is 1.77. The fraction of sp³-hybridized carbons (Fsp3) is 0.533. The molecule has 0 aliphatic carbocycles. The zero-order chi connectivity index (χ0) is 12.6. The average molecular weight is 262 g/mol. The van der Waals surface area contributed by atoms with E-state index in [0.29, 0.717) is 0 Å². The van der Waals surface area contributed by atoms with E-state index in [1.807, 2.05) is 0 Å². The molecule has 0 spiro atoms. The number of unbranched alkanes of at least 4 members (excludes halogenated alkanes) is 3. The molecule has 0 radical (unpaired) electrons. The maximum absolute atomic E-state index is 4.39. The number of hydrogen-bond donors (Lipinski definition) is 1. The topological polar surface area (TPSA) is 24.4 Å². The number of thioether (sulfide) groups is 1. The van der Waals surface area contributed by atoms with Crippen LogP contribution in [-0.2, 0) is 6.42 Å². The fourth-order valence-corrected chi connectivity index (χ4v) is 2.79. The lowest BCUT2D eigenvalue weighted by molar-refractivity contribution is 0.667. The zero-order valence-electron chi connectivity index (χ0n) is 11.1. The zero-order valence-corrected chi connectivity index (χ0v) is 11.9. The first-order valence-electron chi connectivity index (χ1n) is 6.91. The second-order valence-corrected chi connectivity index (χ2v) is 5.75. The van der Waals surface area contributed by atoms with Gasteiger partial charge in [-0.15, -0.1) is 0 Å². The number of rotatable bonds is 6. The second-order valence-electron chi connectivity index (χ2n) is 4.67. The highest BCUT2D eigenvalue weighted by Gasteiger charge is 2.06. The minimum Gasteiger partial charge on any atom is -0.335 e. The molecule has 98 valence electrons. The lowest BCUT2D eigenvalue weighted by atomic mass is 10.1. The number of anilines is 1. The lowest BCUT2D eigenvalue weighted by Crippen LogP contribution is -2.04. The maximum Gasteiger partial charge on any atom is 0.161 e. The van der Waals surface area contributed by atoms with Crippen molar-refractivity contribution in [3.8, 4) is 0 Å². The molecule has 1 aromatic rings. The molecule has 0 saturated carbocycles. The SMILES string of the molecule is CCCCCCc1ccc(NC2=NCCS2)cc1. The van der Waals surface area contributed by atoms with Crippen LogP contribution in [0.25, 0.3) is 0 Å². The van der Waals surface area contributed by atoms with Gasteiger partial charge in [0.15, 0.2) is 5.17 Å². The van der Waals surface area contributed by atoms with E-state index in [9.17, 15) is 0 Å². The van der Waals surface area contributed by atoms with Crippen molar-refractivity contribution in [1.82, 2.24) is 0 Å². The molecule has 1 aromatic carbocycles. The first-order chi connectivity index (χ1) is 8.88. The molecule has 1 N–H and O–H groups in total. The minimum absolute atomic E-state index is 0.947. The van der Waals surface area contributed by atoms with E-state index in [4.69, 9.17) is 0 Å². The van der Waals surface area contributed by atoms with Crippen molar-refractivity contribution in [2.24, 2.45) is 4.99 Å². The summed E-state index contributed by atoms with van der Waals surface area (Å²) in [5.74, 6) is 1.11. The van der Waals surface area contributed by atoms with Gasteiger partial charge < -0.3 is 5.32 Å². The Morgan fingerprint density at radius 3 is 2.67 bits per heavy atom. The van der Waals surface area contributed by atoms with Gasteiger partial charge in [0, 0.05) is 11.4 Å². The smallest absolute Gasteiger partial charge is 0.161 e. The van der Waals surface area contributed by atoms with E-state index >= 15 is 0 Å². The molecular weight excluding hydrogens is 240 g/mol. The largest absolute Gasteiger partial charge is 0.335 e. The summed E-state index contributed by atoms with van der Waals surface area (Å²) in [6, 6.07) is 8.79. The van der Waals surface area contributed by atoms with Gasteiger partial charge in [-0.3, -0.25) is 4.99 Å².